The molecule has 2 N–H and O–H groups in total. The molecule has 0 radical (unpaired) electrons. The van der Waals surface area contributed by atoms with Gasteiger partial charge in [-0.15, -0.1) is 0 Å². The van der Waals surface area contributed by atoms with Gasteiger partial charge in [-0.1, -0.05) is 0 Å². The summed E-state index contributed by atoms with van der Waals surface area (Å²) in [5.41, 5.74) is 7.43. The molecule has 1 aromatic carbocycles. The minimum atomic E-state index is 0.174. The summed E-state index contributed by atoms with van der Waals surface area (Å²) >= 11 is 0. The van der Waals surface area contributed by atoms with Crippen molar-refractivity contribution in [3.63, 3.8) is 0 Å². The van der Waals surface area contributed by atoms with Crippen molar-refractivity contribution in [3.8, 4) is 5.88 Å². The lowest BCUT2D eigenvalue weighted by molar-refractivity contribution is -0.0729. The highest BCUT2D eigenvalue weighted by Gasteiger charge is 2.26. The Morgan fingerprint density at radius 3 is 2.65 bits per heavy atom. The number of nitrogens with two attached hydrogens (primary N) is 1. The Morgan fingerprint density at radius 2 is 1.90 bits per heavy atom. The van der Waals surface area contributed by atoms with Crippen LogP contribution in [0.3, 0.4) is 0 Å². The lowest BCUT2D eigenvalue weighted by atomic mass is 10.0. The largest absolute Gasteiger partial charge is 0.474 e. The smallest absolute Gasteiger partial charge is 0.214 e. The molecule has 2 atom stereocenters. The monoisotopic (exact) mass is 272 g/mol. The van der Waals surface area contributed by atoms with Crippen molar-refractivity contribution in [2.24, 2.45) is 0 Å². The van der Waals surface area contributed by atoms with Crippen LogP contribution in [0.25, 0.3) is 10.9 Å². The van der Waals surface area contributed by atoms with Gasteiger partial charge in [-0.3, -0.25) is 0 Å². The maximum atomic E-state index is 6.01. The minimum absolute atomic E-state index is 0.174. The van der Waals surface area contributed by atoms with Crippen molar-refractivity contribution in [2.45, 2.75) is 45.0 Å². The standard InChI is InChI=1S/C16H20N2O2/c1-10-7-14(8-11(2)19-10)20-16-6-3-12-9-13(17)4-5-15(12)18-16/h3-6,9-11,14H,7-8,17H2,1-2H3. The maximum Gasteiger partial charge on any atom is 0.214 e. The van der Waals surface area contributed by atoms with Crippen LogP contribution < -0.4 is 10.5 Å². The second-order valence-electron chi connectivity index (χ2n) is 5.57. The fourth-order valence-electron chi connectivity index (χ4n) is 2.80. The van der Waals surface area contributed by atoms with E-state index in [2.05, 4.69) is 18.8 Å². The molecule has 3 rings (SSSR count). The predicted molar refractivity (Wildman–Crippen MR) is 79.8 cm³/mol. The molecule has 1 aliphatic heterocycles. The average molecular weight is 272 g/mol. The van der Waals surface area contributed by atoms with E-state index in [4.69, 9.17) is 15.2 Å². The zero-order valence-electron chi connectivity index (χ0n) is 11.9. The molecular formula is C16H20N2O2. The van der Waals surface area contributed by atoms with Gasteiger partial charge in [0.1, 0.15) is 6.10 Å². The highest BCUT2D eigenvalue weighted by atomic mass is 16.5. The lowest BCUT2D eigenvalue weighted by Crippen LogP contribution is -2.35. The van der Waals surface area contributed by atoms with E-state index in [0.29, 0.717) is 5.88 Å². The van der Waals surface area contributed by atoms with E-state index in [-0.39, 0.29) is 18.3 Å². The molecule has 0 bridgehead atoms. The number of hydrogen-bond donors (Lipinski definition) is 1. The van der Waals surface area contributed by atoms with Gasteiger partial charge >= 0.3 is 0 Å². The van der Waals surface area contributed by atoms with Gasteiger partial charge in [-0.2, -0.15) is 0 Å². The molecule has 2 aromatic rings. The average Bonchev–Trinajstić information content (AvgIpc) is 2.38. The first-order valence-electron chi connectivity index (χ1n) is 7.08. The summed E-state index contributed by atoms with van der Waals surface area (Å²) in [6, 6.07) is 9.61. The van der Waals surface area contributed by atoms with Crippen molar-refractivity contribution in [2.75, 3.05) is 5.73 Å². The molecule has 1 aromatic heterocycles. The maximum absolute atomic E-state index is 6.01. The molecular weight excluding hydrogens is 252 g/mol. The van der Waals surface area contributed by atoms with Gasteiger partial charge in [-0.25, -0.2) is 4.98 Å². The normalized spacial score (nSPS) is 26.6. The number of fused-ring (bicyclic) bond motifs is 1. The quantitative estimate of drug-likeness (QED) is 0.853. The van der Waals surface area contributed by atoms with E-state index >= 15 is 0 Å². The number of hydrogen-bond acceptors (Lipinski definition) is 4. The Kier molecular flexibility index (Phi) is 3.49. The van der Waals surface area contributed by atoms with Crippen LogP contribution >= 0.6 is 0 Å². The summed E-state index contributed by atoms with van der Waals surface area (Å²) < 4.78 is 11.7. The van der Waals surface area contributed by atoms with E-state index in [1.54, 1.807) is 0 Å². The second kappa shape index (κ2) is 5.29. The number of nitrogen functional groups attached to an aromatic ring is 1. The molecule has 1 saturated heterocycles. The molecule has 0 amide bonds. The van der Waals surface area contributed by atoms with Crippen LogP contribution in [0, 0.1) is 0 Å². The Balaban J connectivity index is 1.79. The minimum Gasteiger partial charge on any atom is -0.474 e. The number of rotatable bonds is 2. The number of anilines is 1. The summed E-state index contributed by atoms with van der Waals surface area (Å²) in [5, 5.41) is 1.03. The van der Waals surface area contributed by atoms with E-state index < -0.39 is 0 Å². The molecule has 106 valence electrons. The predicted octanol–water partition coefficient (Wildman–Crippen LogP) is 3.15. The summed E-state index contributed by atoms with van der Waals surface area (Å²) in [4.78, 5) is 4.54. The van der Waals surface area contributed by atoms with Gasteiger partial charge in [0, 0.05) is 30.0 Å². The lowest BCUT2D eigenvalue weighted by Gasteiger charge is -2.31. The topological polar surface area (TPSA) is 57.4 Å². The van der Waals surface area contributed by atoms with Crippen LogP contribution in [0.2, 0.25) is 0 Å². The van der Waals surface area contributed by atoms with Crippen LogP contribution in [-0.4, -0.2) is 23.3 Å². The Bertz CT molecular complexity index is 604. The van der Waals surface area contributed by atoms with Crippen molar-refractivity contribution in [3.05, 3.63) is 30.3 Å². The highest BCUT2D eigenvalue weighted by Crippen LogP contribution is 2.25. The molecule has 4 heteroatoms. The molecule has 1 aliphatic rings. The molecule has 1 fully saturated rings. The first kappa shape index (κ1) is 13.2. The van der Waals surface area contributed by atoms with E-state index in [9.17, 15) is 0 Å². The zero-order valence-corrected chi connectivity index (χ0v) is 11.9. The van der Waals surface area contributed by atoms with Gasteiger partial charge in [-0.05, 0) is 38.1 Å². The van der Waals surface area contributed by atoms with E-state index in [1.165, 1.54) is 0 Å². The summed E-state index contributed by atoms with van der Waals surface area (Å²) in [6.45, 7) is 4.17. The summed E-state index contributed by atoms with van der Waals surface area (Å²) in [7, 11) is 0. The Labute approximate surface area is 118 Å². The first-order chi connectivity index (χ1) is 9.60. The fourth-order valence-corrected chi connectivity index (χ4v) is 2.80. The van der Waals surface area contributed by atoms with Crippen molar-refractivity contribution in [1.82, 2.24) is 4.98 Å². The van der Waals surface area contributed by atoms with Gasteiger partial charge in [0.2, 0.25) is 5.88 Å². The van der Waals surface area contributed by atoms with Crippen LogP contribution in [-0.2, 0) is 4.74 Å². The van der Waals surface area contributed by atoms with Gasteiger partial charge < -0.3 is 15.2 Å². The van der Waals surface area contributed by atoms with Crippen LogP contribution in [0.5, 0.6) is 5.88 Å². The summed E-state index contributed by atoms with van der Waals surface area (Å²) in [6.07, 6.45) is 2.47. The zero-order chi connectivity index (χ0) is 14.1. The SMILES string of the molecule is CC1CC(Oc2ccc3cc(N)ccc3n2)CC(C)O1. The van der Waals surface area contributed by atoms with Crippen molar-refractivity contribution in [1.29, 1.82) is 0 Å². The Hall–Kier alpha value is -1.81. The number of pyridine rings is 1. The highest BCUT2D eigenvalue weighted by molar-refractivity contribution is 5.82. The number of benzene rings is 1. The molecule has 2 heterocycles. The third-order valence-electron chi connectivity index (χ3n) is 3.63. The Morgan fingerprint density at radius 1 is 1.15 bits per heavy atom. The van der Waals surface area contributed by atoms with Gasteiger partial charge in [0.05, 0.1) is 17.7 Å². The van der Waals surface area contributed by atoms with Crippen LogP contribution in [0.1, 0.15) is 26.7 Å². The summed E-state index contributed by atoms with van der Waals surface area (Å²) in [5.74, 6) is 0.675. The first-order valence-corrected chi connectivity index (χ1v) is 7.08. The third-order valence-corrected chi connectivity index (χ3v) is 3.63. The van der Waals surface area contributed by atoms with Gasteiger partial charge in [0.15, 0.2) is 0 Å². The van der Waals surface area contributed by atoms with E-state index in [1.807, 2.05) is 30.3 Å². The van der Waals surface area contributed by atoms with Crippen molar-refractivity contribution >= 4 is 16.6 Å². The molecule has 0 spiro atoms. The van der Waals surface area contributed by atoms with Gasteiger partial charge in [0.25, 0.3) is 0 Å². The molecule has 4 nitrogen and oxygen atoms in total. The molecule has 0 saturated carbocycles. The fraction of sp³-hybridized carbons (Fsp3) is 0.438. The third kappa shape index (κ3) is 2.85. The van der Waals surface area contributed by atoms with E-state index in [0.717, 1.165) is 29.4 Å². The number of nitrogens with zero attached hydrogens (tertiary/aromatic N) is 1. The molecule has 0 aliphatic carbocycles. The number of aromatic nitrogens is 1. The van der Waals surface area contributed by atoms with Crippen molar-refractivity contribution < 1.29 is 9.47 Å². The molecule has 2 unspecified atom stereocenters. The second-order valence-corrected chi connectivity index (χ2v) is 5.57. The van der Waals surface area contributed by atoms with Crippen LogP contribution in [0.4, 0.5) is 5.69 Å². The van der Waals surface area contributed by atoms with Crippen LogP contribution in [0.15, 0.2) is 30.3 Å². The number of ether oxygens (including phenoxy) is 2. The molecule has 20 heavy (non-hydrogen) atoms.